The molecule has 0 spiro atoms. The van der Waals surface area contributed by atoms with E-state index in [4.69, 9.17) is 0 Å². The van der Waals surface area contributed by atoms with Gasteiger partial charge in [-0.15, -0.1) is 0 Å². The van der Waals surface area contributed by atoms with Gasteiger partial charge in [0.15, 0.2) is 0 Å². The summed E-state index contributed by atoms with van der Waals surface area (Å²) in [6.45, 7) is 4.45. The average molecular weight is 270 g/mol. The fourth-order valence-electron chi connectivity index (χ4n) is 2.11. The minimum atomic E-state index is 1.25. The molecule has 97 valence electrons. The largest absolute Gasteiger partial charge is 0.227 e. The molecule has 1 heterocycles. The van der Waals surface area contributed by atoms with Gasteiger partial charge in [-0.25, -0.2) is 5.09 Å². The summed E-state index contributed by atoms with van der Waals surface area (Å²) in [5.74, 6) is 0. The quantitative estimate of drug-likeness (QED) is 0.318. The molecule has 0 aromatic rings. The molecule has 1 radical (unpaired) electrons. The van der Waals surface area contributed by atoms with Gasteiger partial charge in [0.2, 0.25) is 0 Å². The van der Waals surface area contributed by atoms with Gasteiger partial charge in [-0.1, -0.05) is 58.3 Å². The third-order valence-corrected chi connectivity index (χ3v) is 5.82. The van der Waals surface area contributed by atoms with Gasteiger partial charge in [-0.3, -0.25) is 0 Å². The minimum Gasteiger partial charge on any atom is -0.227 e. The molecule has 0 atom stereocenters. The molecule has 0 unspecified atom stereocenters. The highest BCUT2D eigenvalue weighted by molar-refractivity contribution is 7.85. The van der Waals surface area contributed by atoms with Crippen LogP contribution in [0.4, 0.5) is 0 Å². The van der Waals surface area contributed by atoms with Gasteiger partial charge in [0.25, 0.3) is 0 Å². The summed E-state index contributed by atoms with van der Waals surface area (Å²) >= 11 is 0. The van der Waals surface area contributed by atoms with Crippen molar-refractivity contribution in [2.45, 2.75) is 78.1 Å². The molecule has 17 heavy (non-hydrogen) atoms. The normalized spacial score (nSPS) is 16.4. The molecule has 0 saturated heterocycles. The van der Waals surface area contributed by atoms with Crippen LogP contribution in [0, 0.1) is 0 Å². The Balaban J connectivity index is 1.85. The second kappa shape index (κ2) is 10.1. The Kier molecular flexibility index (Phi) is 9.03. The third kappa shape index (κ3) is 7.22. The van der Waals surface area contributed by atoms with E-state index in [0.29, 0.717) is 0 Å². The minimum absolute atomic E-state index is 1.25. The number of unbranched alkanes of at least 4 members (excludes halogenated alkanes) is 8. The van der Waals surface area contributed by atoms with E-state index in [1.807, 2.05) is 0 Å². The number of hydrogen-bond acceptors (Lipinski definition) is 0. The highest BCUT2D eigenvalue weighted by Crippen LogP contribution is 2.37. The Morgan fingerprint density at radius 1 is 0.882 bits per heavy atom. The van der Waals surface area contributed by atoms with Crippen molar-refractivity contribution >= 4 is 15.9 Å². The smallest absolute Gasteiger partial charge is 0.0699 e. The lowest BCUT2D eigenvalue weighted by Crippen LogP contribution is -1.86. The second-order valence-electron chi connectivity index (χ2n) is 4.90. The maximum Gasteiger partial charge on any atom is 0.0699 e. The highest BCUT2D eigenvalue weighted by atomic mass is 31.7. The van der Waals surface area contributed by atoms with Gasteiger partial charge < -0.3 is 0 Å². The van der Waals surface area contributed by atoms with E-state index in [0.717, 1.165) is 0 Å². The van der Waals surface area contributed by atoms with E-state index in [1.165, 1.54) is 85.8 Å². The van der Waals surface area contributed by atoms with Crippen LogP contribution in [0.2, 0.25) is 0 Å². The van der Waals surface area contributed by atoms with Crippen molar-refractivity contribution in [3.8, 4) is 0 Å². The SMILES string of the molecule is CCCCCCCCCCCC1=C(C)[N]P=P1. The van der Waals surface area contributed by atoms with Crippen molar-refractivity contribution in [3.05, 3.63) is 11.0 Å². The molecule has 0 aromatic heterocycles. The molecule has 0 amide bonds. The van der Waals surface area contributed by atoms with Crippen molar-refractivity contribution in [3.63, 3.8) is 0 Å². The van der Waals surface area contributed by atoms with Crippen molar-refractivity contribution < 1.29 is 0 Å². The Morgan fingerprint density at radius 2 is 1.47 bits per heavy atom. The molecule has 1 rings (SSSR count). The van der Waals surface area contributed by atoms with Crippen molar-refractivity contribution in [1.29, 1.82) is 0 Å². The Labute approximate surface area is 110 Å². The second-order valence-corrected chi connectivity index (χ2v) is 7.16. The maximum absolute atomic E-state index is 4.41. The standard InChI is InChI=1S/C14H26NP2/c1-3-4-5-6-7-8-9-10-11-12-14-13(2)15-17-16-14/h3-12H2,1-2H3. The van der Waals surface area contributed by atoms with E-state index < -0.39 is 0 Å². The van der Waals surface area contributed by atoms with E-state index in [2.05, 4.69) is 18.9 Å². The predicted molar refractivity (Wildman–Crippen MR) is 80.5 cm³/mol. The summed E-state index contributed by atoms with van der Waals surface area (Å²) in [5.41, 5.74) is 1.31. The lowest BCUT2D eigenvalue weighted by Gasteiger charge is -2.02. The molecule has 0 bridgehead atoms. The molecule has 0 saturated carbocycles. The molecule has 0 aliphatic carbocycles. The molecule has 0 N–H and O–H groups in total. The first-order chi connectivity index (χ1) is 8.34. The zero-order chi connectivity index (χ0) is 12.3. The molecule has 0 fully saturated rings. The van der Waals surface area contributed by atoms with E-state index in [9.17, 15) is 0 Å². The summed E-state index contributed by atoms with van der Waals surface area (Å²) < 4.78 is 0. The zero-order valence-electron chi connectivity index (χ0n) is 11.4. The van der Waals surface area contributed by atoms with Crippen LogP contribution in [-0.2, 0) is 0 Å². The zero-order valence-corrected chi connectivity index (χ0v) is 13.2. The fourth-order valence-corrected chi connectivity index (χ4v) is 4.64. The maximum atomic E-state index is 4.41. The van der Waals surface area contributed by atoms with Gasteiger partial charge in [-0.05, 0) is 27.6 Å². The topological polar surface area (TPSA) is 14.1 Å². The molecule has 1 aliphatic rings. The number of allylic oxidation sites excluding steroid dienone is 2. The molecular weight excluding hydrogens is 244 g/mol. The third-order valence-electron chi connectivity index (χ3n) is 3.29. The summed E-state index contributed by atoms with van der Waals surface area (Å²) in [7, 11) is 2.69. The lowest BCUT2D eigenvalue weighted by molar-refractivity contribution is 0.565. The molecule has 1 nitrogen and oxygen atoms in total. The summed E-state index contributed by atoms with van der Waals surface area (Å²) in [6.07, 6.45) is 14.1. The van der Waals surface area contributed by atoms with Gasteiger partial charge in [-0.2, -0.15) is 0 Å². The first-order valence-corrected chi connectivity index (χ1v) is 9.61. The lowest BCUT2D eigenvalue weighted by atomic mass is 10.1. The van der Waals surface area contributed by atoms with Crippen LogP contribution in [0.25, 0.3) is 0 Å². The fraction of sp³-hybridized carbons (Fsp3) is 0.857. The Morgan fingerprint density at radius 3 is 2.00 bits per heavy atom. The van der Waals surface area contributed by atoms with Gasteiger partial charge in [0.1, 0.15) is 0 Å². The van der Waals surface area contributed by atoms with E-state index >= 15 is 0 Å². The number of rotatable bonds is 10. The van der Waals surface area contributed by atoms with Crippen LogP contribution in [0.1, 0.15) is 78.1 Å². The highest BCUT2D eigenvalue weighted by Gasteiger charge is 2.06. The van der Waals surface area contributed by atoms with Crippen LogP contribution in [0.5, 0.6) is 0 Å². The van der Waals surface area contributed by atoms with E-state index in [-0.39, 0.29) is 0 Å². The first kappa shape index (κ1) is 15.2. The molecule has 0 aromatic carbocycles. The average Bonchev–Trinajstić information content (AvgIpc) is 2.73. The van der Waals surface area contributed by atoms with Crippen molar-refractivity contribution in [1.82, 2.24) is 5.09 Å². The van der Waals surface area contributed by atoms with Crippen LogP contribution in [0.3, 0.4) is 0 Å². The molecular formula is C14H26NP2. The van der Waals surface area contributed by atoms with Gasteiger partial charge >= 0.3 is 0 Å². The van der Waals surface area contributed by atoms with Crippen LogP contribution in [-0.4, -0.2) is 0 Å². The van der Waals surface area contributed by atoms with Gasteiger partial charge in [0, 0.05) is 5.31 Å². The van der Waals surface area contributed by atoms with E-state index in [1.54, 1.807) is 5.31 Å². The molecule has 1 aliphatic heterocycles. The van der Waals surface area contributed by atoms with Crippen LogP contribution in [0.15, 0.2) is 11.0 Å². The number of hydrogen-bond donors (Lipinski definition) is 0. The number of nitrogens with zero attached hydrogens (tertiary/aromatic N) is 1. The van der Waals surface area contributed by atoms with Crippen molar-refractivity contribution in [2.24, 2.45) is 0 Å². The molecule has 3 heteroatoms. The predicted octanol–water partition coefficient (Wildman–Crippen LogP) is 6.48. The Hall–Kier alpha value is 0.140. The van der Waals surface area contributed by atoms with Gasteiger partial charge in [0.05, 0.1) is 13.7 Å². The first-order valence-electron chi connectivity index (χ1n) is 7.16. The summed E-state index contributed by atoms with van der Waals surface area (Å²) in [6, 6.07) is 0. The monoisotopic (exact) mass is 270 g/mol. The van der Waals surface area contributed by atoms with Crippen LogP contribution >= 0.6 is 15.9 Å². The summed E-state index contributed by atoms with van der Waals surface area (Å²) in [5, 5.41) is 6.01. The van der Waals surface area contributed by atoms with Crippen molar-refractivity contribution in [2.75, 3.05) is 0 Å². The summed E-state index contributed by atoms with van der Waals surface area (Å²) in [4.78, 5) is 0. The van der Waals surface area contributed by atoms with Crippen LogP contribution < -0.4 is 5.09 Å². The Bertz CT molecular complexity index is 259.